The molecule has 8 aromatic rings. The van der Waals surface area contributed by atoms with E-state index in [1.54, 1.807) is 11.3 Å². The van der Waals surface area contributed by atoms with Crippen LogP contribution < -0.4 is 0 Å². The van der Waals surface area contributed by atoms with Crippen LogP contribution >= 0.6 is 22.7 Å². The molecule has 0 saturated carbocycles. The normalized spacial score (nSPS) is 12.7. The molecule has 0 fully saturated rings. The molecule has 8 rings (SSSR count). The summed E-state index contributed by atoms with van der Waals surface area (Å²) >= 11 is 3.65. The number of aromatic nitrogens is 4. The summed E-state index contributed by atoms with van der Waals surface area (Å²) in [6.07, 6.45) is 0. The Bertz CT molecular complexity index is 2200. The molecule has 2 N–H and O–H groups in total. The Kier molecular flexibility index (Phi) is 4.62. The van der Waals surface area contributed by atoms with Gasteiger partial charge in [0.05, 0.1) is 21.3 Å². The molecule has 0 aliphatic carbocycles. The summed E-state index contributed by atoms with van der Waals surface area (Å²) in [5.74, 6) is 2.83. The minimum Gasteiger partial charge on any atom is -0.342 e. The number of H-pyrrole nitrogens is 2. The van der Waals surface area contributed by atoms with Crippen LogP contribution in [0.1, 0.15) is 51.2 Å². The highest BCUT2D eigenvalue weighted by atomic mass is 32.1. The molecule has 0 atom stereocenters. The third kappa shape index (κ3) is 3.07. The van der Waals surface area contributed by atoms with Crippen LogP contribution in [0.15, 0.2) is 60.0 Å². The lowest BCUT2D eigenvalue weighted by atomic mass is 9.98. The lowest BCUT2D eigenvalue weighted by Gasteiger charge is -2.07. The first-order valence-electron chi connectivity index (χ1n) is 13.1. The van der Waals surface area contributed by atoms with Crippen molar-refractivity contribution in [3.63, 3.8) is 0 Å². The molecule has 4 heterocycles. The van der Waals surface area contributed by atoms with Crippen LogP contribution in [0.5, 0.6) is 0 Å². The molecule has 4 nitrogen and oxygen atoms in total. The van der Waals surface area contributed by atoms with E-state index >= 15 is 0 Å². The van der Waals surface area contributed by atoms with Crippen LogP contribution in [0.3, 0.4) is 0 Å². The molecule has 0 unspecified atom stereocenters. The van der Waals surface area contributed by atoms with Gasteiger partial charge in [-0.25, -0.2) is 9.97 Å². The van der Waals surface area contributed by atoms with Gasteiger partial charge < -0.3 is 9.97 Å². The number of nitrogens with one attached hydrogen (secondary N) is 2. The Hall–Kier alpha value is -3.74. The minimum absolute atomic E-state index is 0.359. The van der Waals surface area contributed by atoms with Crippen molar-refractivity contribution in [3.8, 4) is 11.1 Å². The average molecular weight is 531 g/mol. The first kappa shape index (κ1) is 22.3. The molecule has 0 aliphatic heterocycles. The third-order valence-electron chi connectivity index (χ3n) is 7.71. The van der Waals surface area contributed by atoms with Gasteiger partial charge in [-0.2, -0.15) is 0 Å². The zero-order valence-corrected chi connectivity index (χ0v) is 23.3. The topological polar surface area (TPSA) is 57.4 Å². The van der Waals surface area contributed by atoms with Crippen molar-refractivity contribution >= 4 is 85.8 Å². The largest absolute Gasteiger partial charge is 0.342 e. The van der Waals surface area contributed by atoms with E-state index in [2.05, 4.69) is 97.6 Å². The van der Waals surface area contributed by atoms with Crippen molar-refractivity contribution in [2.24, 2.45) is 0 Å². The molecule has 0 saturated heterocycles. The average Bonchev–Trinajstić information content (AvgIpc) is 3.70. The second-order valence-electron chi connectivity index (χ2n) is 10.9. The Morgan fingerprint density at radius 1 is 0.632 bits per heavy atom. The van der Waals surface area contributed by atoms with Crippen LogP contribution in [-0.4, -0.2) is 19.9 Å². The Morgan fingerprint density at radius 3 is 2.16 bits per heavy atom. The molecule has 0 spiro atoms. The van der Waals surface area contributed by atoms with Crippen LogP contribution in [0, 0.1) is 0 Å². The summed E-state index contributed by atoms with van der Waals surface area (Å²) in [4.78, 5) is 17.1. The van der Waals surface area contributed by atoms with Gasteiger partial charge in [-0.3, -0.25) is 0 Å². The molecule has 4 aromatic carbocycles. The highest BCUT2D eigenvalue weighted by Crippen LogP contribution is 2.42. The van der Waals surface area contributed by atoms with Crippen molar-refractivity contribution in [2.45, 2.75) is 39.5 Å². The van der Waals surface area contributed by atoms with Gasteiger partial charge in [0.1, 0.15) is 17.2 Å². The summed E-state index contributed by atoms with van der Waals surface area (Å²) in [5, 5.41) is 8.53. The standard InChI is InChI=1S/C32H26N4S2/c1-15(2)31-33-24-10-9-21-19-7-5-18(14-25(19)38-30(21)28(24)36-31)17-6-8-20-23(13-17)29-22(11-12-37-29)27-26(20)34-32(35-27)16(3)4/h5-16H,1-4H3,(H,33,36)(H,34,35). The maximum absolute atomic E-state index is 4.98. The summed E-state index contributed by atoms with van der Waals surface area (Å²) in [6.45, 7) is 8.74. The quantitative estimate of drug-likeness (QED) is 0.239. The maximum Gasteiger partial charge on any atom is 0.109 e. The number of thiophene rings is 2. The SMILES string of the molecule is CC(C)c1nc2c(ccc3c4ccc(-c5ccc6c(c5)c5sccc5c5nc(C(C)C)[nH]c65)cc4sc32)[nH]1. The van der Waals surface area contributed by atoms with Gasteiger partial charge in [0, 0.05) is 48.2 Å². The van der Waals surface area contributed by atoms with Crippen LogP contribution in [0.2, 0.25) is 0 Å². The number of benzene rings is 4. The van der Waals surface area contributed by atoms with Gasteiger partial charge in [0.2, 0.25) is 0 Å². The predicted molar refractivity (Wildman–Crippen MR) is 165 cm³/mol. The molecular weight excluding hydrogens is 505 g/mol. The molecule has 0 aliphatic rings. The number of fused-ring (bicyclic) bond motifs is 11. The summed E-state index contributed by atoms with van der Waals surface area (Å²) in [5.41, 5.74) is 6.91. The van der Waals surface area contributed by atoms with Gasteiger partial charge in [-0.05, 0) is 40.8 Å². The number of rotatable bonds is 3. The molecule has 0 bridgehead atoms. The molecule has 4 aromatic heterocycles. The highest BCUT2D eigenvalue weighted by molar-refractivity contribution is 7.26. The molecule has 6 heteroatoms. The zero-order chi connectivity index (χ0) is 25.7. The number of aromatic amines is 2. The maximum atomic E-state index is 4.98. The van der Waals surface area contributed by atoms with Gasteiger partial charge in [0.25, 0.3) is 0 Å². The molecule has 38 heavy (non-hydrogen) atoms. The number of hydrogen-bond donors (Lipinski definition) is 2. The van der Waals surface area contributed by atoms with E-state index in [-0.39, 0.29) is 0 Å². The Labute approximate surface area is 227 Å². The second-order valence-corrected chi connectivity index (χ2v) is 12.8. The van der Waals surface area contributed by atoms with Gasteiger partial charge in [-0.15, -0.1) is 22.7 Å². The lowest BCUT2D eigenvalue weighted by molar-refractivity contribution is 0.799. The van der Waals surface area contributed by atoms with Gasteiger partial charge in [-0.1, -0.05) is 58.0 Å². The van der Waals surface area contributed by atoms with Crippen LogP contribution in [-0.2, 0) is 0 Å². The number of nitrogens with zero attached hydrogens (tertiary/aromatic N) is 2. The van der Waals surface area contributed by atoms with E-state index in [4.69, 9.17) is 9.97 Å². The Balaban J connectivity index is 1.33. The molecular formula is C32H26N4S2. The molecule has 0 radical (unpaired) electrons. The van der Waals surface area contributed by atoms with Crippen molar-refractivity contribution in [1.82, 2.24) is 19.9 Å². The molecule has 0 amide bonds. The fraction of sp³-hybridized carbons (Fsp3) is 0.188. The van der Waals surface area contributed by atoms with E-state index in [9.17, 15) is 0 Å². The number of hydrogen-bond acceptors (Lipinski definition) is 4. The van der Waals surface area contributed by atoms with E-state index in [0.29, 0.717) is 11.8 Å². The van der Waals surface area contributed by atoms with E-state index in [1.807, 2.05) is 11.3 Å². The van der Waals surface area contributed by atoms with Gasteiger partial charge in [0.15, 0.2) is 0 Å². The smallest absolute Gasteiger partial charge is 0.109 e. The van der Waals surface area contributed by atoms with Crippen molar-refractivity contribution in [3.05, 3.63) is 71.6 Å². The van der Waals surface area contributed by atoms with Crippen LogP contribution in [0.4, 0.5) is 0 Å². The monoisotopic (exact) mass is 530 g/mol. The summed E-state index contributed by atoms with van der Waals surface area (Å²) in [7, 11) is 0. The van der Waals surface area contributed by atoms with E-state index < -0.39 is 0 Å². The highest BCUT2D eigenvalue weighted by Gasteiger charge is 2.17. The summed E-state index contributed by atoms with van der Waals surface area (Å²) in [6, 6.07) is 20.4. The van der Waals surface area contributed by atoms with Gasteiger partial charge >= 0.3 is 0 Å². The van der Waals surface area contributed by atoms with Crippen molar-refractivity contribution < 1.29 is 0 Å². The third-order valence-corrected chi connectivity index (χ3v) is 9.84. The second kappa shape index (κ2) is 7.88. The first-order valence-corrected chi connectivity index (χ1v) is 14.8. The zero-order valence-electron chi connectivity index (χ0n) is 21.6. The summed E-state index contributed by atoms with van der Waals surface area (Å²) < 4.78 is 3.87. The lowest BCUT2D eigenvalue weighted by Crippen LogP contribution is -1.88. The van der Waals surface area contributed by atoms with E-state index in [0.717, 1.165) is 33.7 Å². The first-order chi connectivity index (χ1) is 18.5. The predicted octanol–water partition coefficient (Wildman–Crippen LogP) is 10.1. The fourth-order valence-electron chi connectivity index (χ4n) is 5.67. The number of imidazole rings is 2. The molecule has 186 valence electrons. The van der Waals surface area contributed by atoms with Crippen molar-refractivity contribution in [2.75, 3.05) is 0 Å². The van der Waals surface area contributed by atoms with Crippen molar-refractivity contribution in [1.29, 1.82) is 0 Å². The van der Waals surface area contributed by atoms with E-state index in [1.165, 1.54) is 52.2 Å². The van der Waals surface area contributed by atoms with Crippen LogP contribution in [0.25, 0.3) is 74.2 Å². The fourth-order valence-corrected chi connectivity index (χ4v) is 7.83. The Morgan fingerprint density at radius 2 is 1.34 bits per heavy atom. The minimum atomic E-state index is 0.359.